The van der Waals surface area contributed by atoms with Crippen molar-refractivity contribution in [3.05, 3.63) is 75.5 Å². The van der Waals surface area contributed by atoms with Crippen molar-refractivity contribution in [3.63, 3.8) is 0 Å². The Balaban J connectivity index is 1.85. The summed E-state index contributed by atoms with van der Waals surface area (Å²) in [4.78, 5) is 15.6. The first-order valence-electron chi connectivity index (χ1n) is 7.09. The number of aromatic nitrogens is 2. The van der Waals surface area contributed by atoms with Crippen LogP contribution in [0.4, 0.5) is 5.69 Å². The van der Waals surface area contributed by atoms with Gasteiger partial charge in [0.15, 0.2) is 0 Å². The number of allylic oxidation sites excluding steroid dienone is 3. The van der Waals surface area contributed by atoms with Crippen molar-refractivity contribution >= 4 is 28.7 Å². The highest BCUT2D eigenvalue weighted by atomic mass is 32.1. The molecule has 0 fully saturated rings. The van der Waals surface area contributed by atoms with Gasteiger partial charge in [0.05, 0.1) is 15.4 Å². The molecule has 3 rings (SSSR count). The molecule has 0 atom stereocenters. The van der Waals surface area contributed by atoms with Crippen molar-refractivity contribution in [1.82, 2.24) is 10.1 Å². The quantitative estimate of drug-likeness (QED) is 0.293. The fourth-order valence-corrected chi connectivity index (χ4v) is 2.69. The molecule has 0 radical (unpaired) electrons. The van der Waals surface area contributed by atoms with Crippen LogP contribution in [0.3, 0.4) is 0 Å². The van der Waals surface area contributed by atoms with Gasteiger partial charge in [-0.15, -0.1) is 11.3 Å². The second-order valence-corrected chi connectivity index (χ2v) is 5.72. The number of nitro benzene ring substituents is 1. The van der Waals surface area contributed by atoms with E-state index in [0.29, 0.717) is 11.4 Å². The van der Waals surface area contributed by atoms with Crippen LogP contribution in [-0.2, 0) is 0 Å². The summed E-state index contributed by atoms with van der Waals surface area (Å²) >= 11 is 1.46. The largest absolute Gasteiger partial charge is 0.333 e. The third-order valence-electron chi connectivity index (χ3n) is 3.19. The molecule has 0 saturated carbocycles. The molecule has 0 aliphatic heterocycles. The second-order valence-electron chi connectivity index (χ2n) is 4.77. The van der Waals surface area contributed by atoms with E-state index in [1.165, 1.54) is 29.6 Å². The van der Waals surface area contributed by atoms with Crippen molar-refractivity contribution in [2.75, 3.05) is 0 Å². The summed E-state index contributed by atoms with van der Waals surface area (Å²) in [7, 11) is 0. The van der Waals surface area contributed by atoms with Crippen LogP contribution in [0.15, 0.2) is 58.5 Å². The Morgan fingerprint density at radius 1 is 1.32 bits per heavy atom. The van der Waals surface area contributed by atoms with Gasteiger partial charge in [-0.3, -0.25) is 10.1 Å². The molecular weight excluding hydrogens is 340 g/mol. The van der Waals surface area contributed by atoms with Crippen molar-refractivity contribution in [2.45, 2.75) is 0 Å². The van der Waals surface area contributed by atoms with Crippen LogP contribution in [0, 0.1) is 21.4 Å². The third kappa shape index (κ3) is 3.68. The van der Waals surface area contributed by atoms with Gasteiger partial charge in [-0.2, -0.15) is 10.2 Å². The Hall–Kier alpha value is -3.57. The summed E-state index contributed by atoms with van der Waals surface area (Å²) in [5.74, 6) is 0.506. The molecule has 7 nitrogen and oxygen atoms in total. The number of nitro groups is 1. The van der Waals surface area contributed by atoms with Gasteiger partial charge in [-0.25, -0.2) is 0 Å². The molecule has 0 bridgehead atoms. The fraction of sp³-hybridized carbons (Fsp3) is 0. The highest BCUT2D eigenvalue weighted by Gasteiger charge is 2.13. The molecular formula is C17H10N4O3S. The second kappa shape index (κ2) is 7.33. The molecule has 1 aromatic carbocycles. The maximum Gasteiger partial charge on any atom is 0.276 e. The van der Waals surface area contributed by atoms with Gasteiger partial charge in [0.2, 0.25) is 5.82 Å². The van der Waals surface area contributed by atoms with Gasteiger partial charge < -0.3 is 4.52 Å². The van der Waals surface area contributed by atoms with Gasteiger partial charge in [-0.1, -0.05) is 29.4 Å². The fourth-order valence-electron chi connectivity index (χ4n) is 2.04. The van der Waals surface area contributed by atoms with Crippen LogP contribution >= 0.6 is 11.3 Å². The molecule has 2 heterocycles. The van der Waals surface area contributed by atoms with Gasteiger partial charge in [0.1, 0.15) is 11.6 Å². The van der Waals surface area contributed by atoms with Crippen LogP contribution < -0.4 is 0 Å². The number of nitriles is 1. The zero-order valence-corrected chi connectivity index (χ0v) is 13.5. The van der Waals surface area contributed by atoms with E-state index in [1.807, 2.05) is 23.6 Å². The third-order valence-corrected chi connectivity index (χ3v) is 4.06. The Morgan fingerprint density at radius 3 is 2.88 bits per heavy atom. The zero-order chi connectivity index (χ0) is 17.6. The lowest BCUT2D eigenvalue weighted by Gasteiger charge is -1.95. The Bertz CT molecular complexity index is 997. The highest BCUT2D eigenvalue weighted by molar-refractivity contribution is 7.13. The summed E-state index contributed by atoms with van der Waals surface area (Å²) < 4.78 is 5.12. The van der Waals surface area contributed by atoms with E-state index in [9.17, 15) is 15.4 Å². The number of benzene rings is 1. The standard InChI is InChI=1S/C17H10N4O3S/c18-11-13(17-19-16(20-24-17)15-9-4-10-25-15)7-3-6-12-5-1-2-8-14(12)21(22)23/h1-10H/b6-3+,13-7+. The predicted octanol–water partition coefficient (Wildman–Crippen LogP) is 4.33. The average Bonchev–Trinajstić information content (AvgIpc) is 3.30. The molecule has 0 saturated heterocycles. The van der Waals surface area contributed by atoms with Crippen molar-refractivity contribution in [3.8, 4) is 16.8 Å². The molecule has 0 amide bonds. The molecule has 3 aromatic rings. The predicted molar refractivity (Wildman–Crippen MR) is 93.3 cm³/mol. The minimum Gasteiger partial charge on any atom is -0.333 e. The maximum atomic E-state index is 11.0. The number of nitrogens with zero attached hydrogens (tertiary/aromatic N) is 4. The van der Waals surface area contributed by atoms with Crippen molar-refractivity contribution in [1.29, 1.82) is 5.26 Å². The van der Waals surface area contributed by atoms with Crippen molar-refractivity contribution < 1.29 is 9.45 Å². The first-order valence-corrected chi connectivity index (χ1v) is 7.97. The summed E-state index contributed by atoms with van der Waals surface area (Å²) in [6, 6.07) is 12.0. The van der Waals surface area contributed by atoms with E-state index in [0.717, 1.165) is 4.88 Å². The zero-order valence-electron chi connectivity index (χ0n) is 12.7. The van der Waals surface area contributed by atoms with Gasteiger partial charge in [0.25, 0.3) is 11.6 Å². The molecule has 0 aliphatic rings. The molecule has 2 aromatic heterocycles. The molecule has 122 valence electrons. The summed E-state index contributed by atoms with van der Waals surface area (Å²) in [6.07, 6.45) is 4.56. The van der Waals surface area contributed by atoms with Crippen LogP contribution in [0.5, 0.6) is 0 Å². The van der Waals surface area contributed by atoms with E-state index >= 15 is 0 Å². The minimum absolute atomic E-state index is 0.0107. The van der Waals surface area contributed by atoms with Gasteiger partial charge in [-0.05, 0) is 29.7 Å². The van der Waals surface area contributed by atoms with Crippen molar-refractivity contribution in [2.24, 2.45) is 0 Å². The summed E-state index contributed by atoms with van der Waals surface area (Å²) in [5, 5.41) is 26.0. The van der Waals surface area contributed by atoms with E-state index < -0.39 is 4.92 Å². The van der Waals surface area contributed by atoms with E-state index in [-0.39, 0.29) is 17.2 Å². The summed E-state index contributed by atoms with van der Waals surface area (Å²) in [5.41, 5.74) is 0.597. The Morgan fingerprint density at radius 2 is 2.16 bits per heavy atom. The first kappa shape index (κ1) is 16.3. The molecule has 25 heavy (non-hydrogen) atoms. The number of rotatable bonds is 5. The number of thiophene rings is 1. The van der Waals surface area contributed by atoms with Crippen LogP contribution in [0.25, 0.3) is 22.4 Å². The van der Waals surface area contributed by atoms with E-state index in [2.05, 4.69) is 10.1 Å². The Labute approximate surface area is 146 Å². The minimum atomic E-state index is -0.458. The monoisotopic (exact) mass is 350 g/mol. The smallest absolute Gasteiger partial charge is 0.276 e. The van der Waals surface area contributed by atoms with Crippen LogP contribution in [-0.4, -0.2) is 15.1 Å². The van der Waals surface area contributed by atoms with E-state index in [1.54, 1.807) is 24.3 Å². The maximum absolute atomic E-state index is 11.0. The van der Waals surface area contributed by atoms with Gasteiger partial charge >= 0.3 is 0 Å². The summed E-state index contributed by atoms with van der Waals surface area (Å²) in [6.45, 7) is 0. The number of para-hydroxylation sites is 1. The normalized spacial score (nSPS) is 11.6. The van der Waals surface area contributed by atoms with Crippen LogP contribution in [0.2, 0.25) is 0 Å². The van der Waals surface area contributed by atoms with Gasteiger partial charge in [0, 0.05) is 6.07 Å². The SMILES string of the molecule is N#C/C(=C\C=C\c1ccccc1[N+](=O)[O-])c1nc(-c2cccs2)no1. The first-order chi connectivity index (χ1) is 12.2. The highest BCUT2D eigenvalue weighted by Crippen LogP contribution is 2.24. The average molecular weight is 350 g/mol. The lowest BCUT2D eigenvalue weighted by Crippen LogP contribution is -1.90. The Kier molecular flexibility index (Phi) is 4.78. The van der Waals surface area contributed by atoms with Crippen LogP contribution in [0.1, 0.15) is 11.5 Å². The molecule has 0 aliphatic carbocycles. The molecule has 8 heteroatoms. The topological polar surface area (TPSA) is 106 Å². The molecule has 0 spiro atoms. The number of hydrogen-bond donors (Lipinski definition) is 0. The van der Waals surface area contributed by atoms with E-state index in [4.69, 9.17) is 4.52 Å². The number of hydrogen-bond acceptors (Lipinski definition) is 7. The molecule has 0 unspecified atom stereocenters. The lowest BCUT2D eigenvalue weighted by molar-refractivity contribution is -0.385. The molecule has 0 N–H and O–H groups in total. The lowest BCUT2D eigenvalue weighted by atomic mass is 10.1.